The minimum absolute atomic E-state index is 0.126. The lowest BCUT2D eigenvalue weighted by Crippen LogP contribution is -2.42. The first kappa shape index (κ1) is 12.3. The van der Waals surface area contributed by atoms with E-state index in [4.69, 9.17) is 15.6 Å². The van der Waals surface area contributed by atoms with Crippen molar-refractivity contribution in [1.29, 1.82) is 0 Å². The molecular formula is C8H18N2O3. The zero-order valence-electron chi connectivity index (χ0n) is 8.12. The van der Waals surface area contributed by atoms with E-state index in [1.807, 2.05) is 0 Å². The van der Waals surface area contributed by atoms with Gasteiger partial charge in [0.05, 0.1) is 19.3 Å². The van der Waals surface area contributed by atoms with Crippen LogP contribution in [-0.2, 0) is 9.53 Å². The number of aliphatic hydroxyl groups excluding tert-OH is 1. The Bertz CT molecular complexity index is 150. The molecule has 2 unspecified atom stereocenters. The molecule has 0 aliphatic heterocycles. The van der Waals surface area contributed by atoms with Crippen LogP contribution in [-0.4, -0.2) is 43.4 Å². The normalized spacial score (nSPS) is 15.1. The van der Waals surface area contributed by atoms with Crippen LogP contribution in [0.25, 0.3) is 0 Å². The maximum absolute atomic E-state index is 11.1. The summed E-state index contributed by atoms with van der Waals surface area (Å²) in [5.41, 5.74) is 5.43. The van der Waals surface area contributed by atoms with Crippen molar-refractivity contribution in [2.45, 2.75) is 25.4 Å². The highest BCUT2D eigenvalue weighted by Gasteiger charge is 2.11. The second-order valence-corrected chi connectivity index (χ2v) is 3.08. The van der Waals surface area contributed by atoms with Gasteiger partial charge in [0.15, 0.2) is 0 Å². The Morgan fingerprint density at radius 3 is 2.69 bits per heavy atom. The molecule has 0 aliphatic carbocycles. The van der Waals surface area contributed by atoms with Gasteiger partial charge in [-0.05, 0) is 6.92 Å². The van der Waals surface area contributed by atoms with E-state index >= 15 is 0 Å². The van der Waals surface area contributed by atoms with Crippen LogP contribution in [0.15, 0.2) is 0 Å². The fourth-order valence-electron chi connectivity index (χ4n) is 0.920. The number of carbonyl (C=O) groups excluding carboxylic acids is 1. The Hall–Kier alpha value is -0.650. The van der Waals surface area contributed by atoms with Gasteiger partial charge in [0.2, 0.25) is 5.91 Å². The Labute approximate surface area is 78.3 Å². The number of rotatable bonds is 6. The van der Waals surface area contributed by atoms with E-state index in [9.17, 15) is 4.79 Å². The second kappa shape index (κ2) is 6.82. The van der Waals surface area contributed by atoms with Crippen molar-refractivity contribution in [3.05, 3.63) is 0 Å². The average Bonchev–Trinajstić information content (AvgIpc) is 2.02. The number of hydrogen-bond donors (Lipinski definition) is 3. The minimum atomic E-state index is -0.337. The zero-order chi connectivity index (χ0) is 10.3. The molecule has 2 atom stereocenters. The van der Waals surface area contributed by atoms with E-state index in [1.165, 1.54) is 7.11 Å². The summed E-state index contributed by atoms with van der Waals surface area (Å²) in [6, 6.07) is -0.502. The lowest BCUT2D eigenvalue weighted by Gasteiger charge is -2.15. The van der Waals surface area contributed by atoms with Crippen molar-refractivity contribution in [3.63, 3.8) is 0 Å². The predicted octanol–water partition coefficient (Wildman–Crippen LogP) is -1.15. The molecule has 0 aromatic carbocycles. The van der Waals surface area contributed by atoms with Crippen LogP contribution in [0.3, 0.4) is 0 Å². The summed E-state index contributed by atoms with van der Waals surface area (Å²) in [6.45, 7) is 1.93. The molecule has 0 bridgehead atoms. The Morgan fingerprint density at radius 1 is 1.69 bits per heavy atom. The van der Waals surface area contributed by atoms with Crippen molar-refractivity contribution in [2.24, 2.45) is 5.73 Å². The summed E-state index contributed by atoms with van der Waals surface area (Å²) in [5, 5.41) is 11.4. The Kier molecular flexibility index (Phi) is 6.48. The lowest BCUT2D eigenvalue weighted by atomic mass is 10.2. The van der Waals surface area contributed by atoms with Crippen molar-refractivity contribution in [1.82, 2.24) is 5.32 Å². The van der Waals surface area contributed by atoms with E-state index in [0.717, 1.165) is 0 Å². The molecule has 1 amide bonds. The third-order valence-corrected chi connectivity index (χ3v) is 1.46. The average molecular weight is 190 g/mol. The molecule has 0 aromatic heterocycles. The van der Waals surface area contributed by atoms with Crippen LogP contribution in [0.4, 0.5) is 0 Å². The fraction of sp³-hybridized carbons (Fsp3) is 0.875. The Balaban J connectivity index is 3.73. The summed E-state index contributed by atoms with van der Waals surface area (Å²) in [6.07, 6.45) is 0.264. The molecule has 0 aliphatic rings. The van der Waals surface area contributed by atoms with E-state index < -0.39 is 0 Å². The number of aliphatic hydroxyl groups is 1. The number of methoxy groups -OCH3 is 1. The molecule has 0 heterocycles. The van der Waals surface area contributed by atoms with E-state index in [0.29, 0.717) is 6.61 Å². The number of hydrogen-bond acceptors (Lipinski definition) is 4. The van der Waals surface area contributed by atoms with Crippen molar-refractivity contribution >= 4 is 5.91 Å². The third-order valence-electron chi connectivity index (χ3n) is 1.46. The first-order valence-corrected chi connectivity index (χ1v) is 4.24. The minimum Gasteiger partial charge on any atom is -0.394 e. The highest BCUT2D eigenvalue weighted by atomic mass is 16.5. The summed E-state index contributed by atoms with van der Waals surface area (Å²) < 4.78 is 4.79. The molecule has 0 saturated carbocycles. The van der Waals surface area contributed by atoms with Gasteiger partial charge >= 0.3 is 0 Å². The number of ether oxygens (including phenoxy) is 1. The van der Waals surface area contributed by atoms with Gasteiger partial charge in [0, 0.05) is 19.6 Å². The van der Waals surface area contributed by atoms with Crippen LogP contribution in [0.1, 0.15) is 13.3 Å². The molecule has 0 fully saturated rings. The number of carbonyl (C=O) groups is 1. The molecule has 0 saturated heterocycles. The van der Waals surface area contributed by atoms with Gasteiger partial charge in [-0.1, -0.05) is 0 Å². The monoisotopic (exact) mass is 190 g/mol. The molecular weight excluding hydrogens is 172 g/mol. The van der Waals surface area contributed by atoms with E-state index in [-0.39, 0.29) is 31.0 Å². The topological polar surface area (TPSA) is 84.6 Å². The van der Waals surface area contributed by atoms with Crippen molar-refractivity contribution in [2.75, 3.05) is 20.3 Å². The maximum Gasteiger partial charge on any atom is 0.221 e. The molecule has 4 N–H and O–H groups in total. The standard InChI is InChI=1S/C8H18N2O3/c1-6(9)3-8(12)10-7(4-11)5-13-2/h6-7,11H,3-5,9H2,1-2H3,(H,10,12). The zero-order valence-corrected chi connectivity index (χ0v) is 8.12. The quantitative estimate of drug-likeness (QED) is 0.493. The fourth-order valence-corrected chi connectivity index (χ4v) is 0.920. The number of nitrogens with one attached hydrogen (secondary N) is 1. The van der Waals surface area contributed by atoms with Gasteiger partial charge in [0.25, 0.3) is 0 Å². The Morgan fingerprint density at radius 2 is 2.31 bits per heavy atom. The molecule has 0 rings (SSSR count). The molecule has 78 valence electrons. The van der Waals surface area contributed by atoms with Crippen LogP contribution in [0, 0.1) is 0 Å². The third kappa shape index (κ3) is 6.51. The SMILES string of the molecule is COCC(CO)NC(=O)CC(C)N. The number of amides is 1. The van der Waals surface area contributed by atoms with Crippen molar-refractivity contribution < 1.29 is 14.6 Å². The maximum atomic E-state index is 11.1. The van der Waals surface area contributed by atoms with Crippen LogP contribution >= 0.6 is 0 Å². The predicted molar refractivity (Wildman–Crippen MR) is 49.2 cm³/mol. The smallest absolute Gasteiger partial charge is 0.221 e. The number of nitrogens with two attached hydrogens (primary N) is 1. The molecule has 5 nitrogen and oxygen atoms in total. The van der Waals surface area contributed by atoms with E-state index in [2.05, 4.69) is 5.32 Å². The summed E-state index contributed by atoms with van der Waals surface area (Å²) in [5.74, 6) is -0.161. The molecule has 0 aromatic rings. The molecule has 0 radical (unpaired) electrons. The molecule has 0 spiro atoms. The molecule has 5 heteroatoms. The summed E-state index contributed by atoms with van der Waals surface area (Å²) in [7, 11) is 1.51. The van der Waals surface area contributed by atoms with E-state index in [1.54, 1.807) is 6.92 Å². The first-order chi connectivity index (χ1) is 6.10. The van der Waals surface area contributed by atoms with Gasteiger partial charge < -0.3 is 20.9 Å². The van der Waals surface area contributed by atoms with Crippen LogP contribution in [0.5, 0.6) is 0 Å². The second-order valence-electron chi connectivity index (χ2n) is 3.08. The van der Waals surface area contributed by atoms with Gasteiger partial charge in [-0.25, -0.2) is 0 Å². The largest absolute Gasteiger partial charge is 0.394 e. The van der Waals surface area contributed by atoms with Crippen molar-refractivity contribution in [3.8, 4) is 0 Å². The first-order valence-electron chi connectivity index (χ1n) is 4.24. The lowest BCUT2D eigenvalue weighted by molar-refractivity contribution is -0.122. The van der Waals surface area contributed by atoms with Crippen LogP contribution < -0.4 is 11.1 Å². The summed E-state index contributed by atoms with van der Waals surface area (Å²) in [4.78, 5) is 11.1. The van der Waals surface area contributed by atoms with Gasteiger partial charge in [-0.15, -0.1) is 0 Å². The highest BCUT2D eigenvalue weighted by Crippen LogP contribution is 1.89. The van der Waals surface area contributed by atoms with Gasteiger partial charge in [-0.2, -0.15) is 0 Å². The van der Waals surface area contributed by atoms with Gasteiger partial charge in [0.1, 0.15) is 0 Å². The highest BCUT2D eigenvalue weighted by molar-refractivity contribution is 5.76. The van der Waals surface area contributed by atoms with Crippen LogP contribution in [0.2, 0.25) is 0 Å². The summed E-state index contributed by atoms with van der Waals surface area (Å²) >= 11 is 0. The van der Waals surface area contributed by atoms with Gasteiger partial charge in [-0.3, -0.25) is 4.79 Å². The molecule has 13 heavy (non-hydrogen) atoms.